The molecule has 0 fully saturated rings. The molecule has 0 saturated heterocycles. The van der Waals surface area contributed by atoms with Gasteiger partial charge in [-0.05, 0) is 58.5 Å². The van der Waals surface area contributed by atoms with Gasteiger partial charge in [0.25, 0.3) is 0 Å². The smallest absolute Gasteiger partial charge is 0.0400 e. The summed E-state index contributed by atoms with van der Waals surface area (Å²) in [6, 6.07) is 16.7. The van der Waals surface area contributed by atoms with Gasteiger partial charge in [-0.25, -0.2) is 0 Å². The molecule has 82 valence electrons. The summed E-state index contributed by atoms with van der Waals surface area (Å²) in [4.78, 5) is 0. The summed E-state index contributed by atoms with van der Waals surface area (Å²) < 4.78 is 2.36. The molecule has 1 nitrogen and oxygen atoms in total. The van der Waals surface area contributed by atoms with Crippen molar-refractivity contribution in [2.24, 2.45) is 0 Å². The number of rotatable bonds is 3. The highest BCUT2D eigenvalue weighted by Gasteiger charge is 1.95. The summed E-state index contributed by atoms with van der Waals surface area (Å²) in [5.74, 6) is 0. The Hall–Kier alpha value is -0.550. The Kier molecular flexibility index (Phi) is 4.23. The first-order valence-electron chi connectivity index (χ1n) is 4.98. The molecule has 0 amide bonds. The van der Waals surface area contributed by atoms with E-state index in [0.29, 0.717) is 0 Å². The van der Waals surface area contributed by atoms with Gasteiger partial charge in [-0.2, -0.15) is 0 Å². The van der Waals surface area contributed by atoms with Crippen molar-refractivity contribution >= 4 is 44.2 Å². The molecule has 0 aliphatic carbocycles. The van der Waals surface area contributed by atoms with E-state index >= 15 is 0 Å². The lowest BCUT2D eigenvalue weighted by molar-refractivity contribution is 1.15. The van der Waals surface area contributed by atoms with Crippen LogP contribution in [0.5, 0.6) is 0 Å². The van der Waals surface area contributed by atoms with E-state index in [2.05, 4.69) is 92.4 Å². The maximum absolute atomic E-state index is 3.43. The molecule has 0 bridgehead atoms. The van der Waals surface area contributed by atoms with E-state index < -0.39 is 0 Å². The zero-order valence-electron chi connectivity index (χ0n) is 8.58. The minimum Gasteiger partial charge on any atom is -0.381 e. The van der Waals surface area contributed by atoms with Crippen molar-refractivity contribution in [2.45, 2.75) is 6.54 Å². The van der Waals surface area contributed by atoms with E-state index in [9.17, 15) is 0 Å². The van der Waals surface area contributed by atoms with Crippen molar-refractivity contribution in [3.05, 3.63) is 62.1 Å². The van der Waals surface area contributed by atoms with Gasteiger partial charge < -0.3 is 5.32 Å². The van der Waals surface area contributed by atoms with Crippen LogP contribution in [0.3, 0.4) is 0 Å². The number of hydrogen-bond acceptors (Lipinski definition) is 1. The molecule has 0 unspecified atom stereocenters. The molecule has 0 spiro atoms. The van der Waals surface area contributed by atoms with Gasteiger partial charge in [0.1, 0.15) is 0 Å². The Morgan fingerprint density at radius 3 is 2.50 bits per heavy atom. The Morgan fingerprint density at radius 1 is 1.06 bits per heavy atom. The molecule has 0 radical (unpaired) electrons. The van der Waals surface area contributed by atoms with Crippen molar-refractivity contribution in [2.75, 3.05) is 5.32 Å². The van der Waals surface area contributed by atoms with E-state index in [4.69, 9.17) is 0 Å². The van der Waals surface area contributed by atoms with Crippen molar-refractivity contribution in [1.82, 2.24) is 0 Å². The van der Waals surface area contributed by atoms with Crippen molar-refractivity contribution in [1.29, 1.82) is 0 Å². The molecule has 2 rings (SSSR count). The minimum atomic E-state index is 0.855. The third-order valence-electron chi connectivity index (χ3n) is 2.23. The maximum atomic E-state index is 3.43. The first-order chi connectivity index (χ1) is 7.74. The third-order valence-corrected chi connectivity index (χ3v) is 3.43. The Morgan fingerprint density at radius 2 is 1.81 bits per heavy atom. The zero-order chi connectivity index (χ0) is 11.4. The molecule has 0 heterocycles. The molecule has 0 saturated carbocycles. The molecule has 2 aromatic rings. The molecule has 2 aromatic carbocycles. The van der Waals surface area contributed by atoms with E-state index in [1.165, 1.54) is 9.13 Å². The maximum Gasteiger partial charge on any atom is 0.0400 e. The van der Waals surface area contributed by atoms with Crippen LogP contribution in [-0.4, -0.2) is 0 Å². The topological polar surface area (TPSA) is 12.0 Å². The summed E-state index contributed by atoms with van der Waals surface area (Å²) in [5.41, 5.74) is 2.44. The summed E-state index contributed by atoms with van der Waals surface area (Å²) >= 11 is 5.75. The molecule has 16 heavy (non-hydrogen) atoms. The van der Waals surface area contributed by atoms with Gasteiger partial charge in [0.2, 0.25) is 0 Å². The van der Waals surface area contributed by atoms with Gasteiger partial charge in [-0.3, -0.25) is 0 Å². The van der Waals surface area contributed by atoms with E-state index in [1.807, 2.05) is 0 Å². The fraction of sp³-hybridized carbons (Fsp3) is 0.0769. The van der Waals surface area contributed by atoms with Gasteiger partial charge in [-0.15, -0.1) is 0 Å². The monoisotopic (exact) mass is 387 g/mol. The average Bonchev–Trinajstić information content (AvgIpc) is 2.28. The molecule has 3 heteroatoms. The van der Waals surface area contributed by atoms with Crippen LogP contribution in [0.4, 0.5) is 5.69 Å². The molecular weight excluding hydrogens is 377 g/mol. The van der Waals surface area contributed by atoms with Crippen LogP contribution in [-0.2, 0) is 6.54 Å². The molecule has 0 aromatic heterocycles. The number of benzene rings is 2. The van der Waals surface area contributed by atoms with Gasteiger partial charge in [0.05, 0.1) is 0 Å². The molecule has 0 aliphatic heterocycles. The van der Waals surface area contributed by atoms with Crippen LogP contribution >= 0.6 is 38.5 Å². The molecule has 1 N–H and O–H groups in total. The van der Waals surface area contributed by atoms with Crippen LogP contribution in [0.15, 0.2) is 53.0 Å². The van der Waals surface area contributed by atoms with E-state index in [0.717, 1.165) is 16.7 Å². The minimum absolute atomic E-state index is 0.855. The van der Waals surface area contributed by atoms with Crippen LogP contribution < -0.4 is 5.32 Å². The third kappa shape index (κ3) is 3.49. The summed E-state index contributed by atoms with van der Waals surface area (Å²) in [7, 11) is 0. The SMILES string of the molecule is Brc1ccc(CNc2cccc(I)c2)cc1. The van der Waals surface area contributed by atoms with Gasteiger partial charge in [0, 0.05) is 20.3 Å². The highest BCUT2D eigenvalue weighted by Crippen LogP contribution is 2.15. The highest BCUT2D eigenvalue weighted by molar-refractivity contribution is 14.1. The Balaban J connectivity index is 1.99. The van der Waals surface area contributed by atoms with Crippen molar-refractivity contribution < 1.29 is 0 Å². The predicted octanol–water partition coefficient (Wildman–Crippen LogP) is 4.67. The van der Waals surface area contributed by atoms with Crippen LogP contribution in [0.1, 0.15) is 5.56 Å². The standard InChI is InChI=1S/C13H11BrIN/c14-11-6-4-10(5-7-11)9-16-13-3-1-2-12(15)8-13/h1-8,16H,9H2. The quantitative estimate of drug-likeness (QED) is 0.755. The molecular formula is C13H11BrIN. The number of anilines is 1. The average molecular weight is 388 g/mol. The van der Waals surface area contributed by atoms with Crippen LogP contribution in [0.2, 0.25) is 0 Å². The van der Waals surface area contributed by atoms with Crippen LogP contribution in [0, 0.1) is 3.57 Å². The van der Waals surface area contributed by atoms with Gasteiger partial charge in [0.15, 0.2) is 0 Å². The number of nitrogens with one attached hydrogen (secondary N) is 1. The number of halogens is 2. The van der Waals surface area contributed by atoms with Gasteiger partial charge >= 0.3 is 0 Å². The first-order valence-corrected chi connectivity index (χ1v) is 6.85. The van der Waals surface area contributed by atoms with Crippen molar-refractivity contribution in [3.63, 3.8) is 0 Å². The fourth-order valence-corrected chi connectivity index (χ4v) is 2.21. The lowest BCUT2D eigenvalue weighted by atomic mass is 10.2. The highest BCUT2D eigenvalue weighted by atomic mass is 127. The van der Waals surface area contributed by atoms with Crippen LogP contribution in [0.25, 0.3) is 0 Å². The normalized spacial score (nSPS) is 10.1. The zero-order valence-corrected chi connectivity index (χ0v) is 12.3. The molecule has 0 aliphatic rings. The fourth-order valence-electron chi connectivity index (χ4n) is 1.40. The second kappa shape index (κ2) is 5.68. The predicted molar refractivity (Wildman–Crippen MR) is 80.6 cm³/mol. The lowest BCUT2D eigenvalue weighted by Crippen LogP contribution is -1.98. The lowest BCUT2D eigenvalue weighted by Gasteiger charge is -2.06. The summed E-state index contributed by atoms with van der Waals surface area (Å²) in [6.07, 6.45) is 0. The Labute approximate surface area is 118 Å². The second-order valence-electron chi connectivity index (χ2n) is 3.49. The van der Waals surface area contributed by atoms with E-state index in [1.54, 1.807) is 0 Å². The summed E-state index contributed by atoms with van der Waals surface area (Å²) in [6.45, 7) is 0.855. The Bertz CT molecular complexity index is 468. The molecule has 0 atom stereocenters. The number of hydrogen-bond donors (Lipinski definition) is 1. The largest absolute Gasteiger partial charge is 0.381 e. The second-order valence-corrected chi connectivity index (χ2v) is 5.65. The van der Waals surface area contributed by atoms with E-state index in [-0.39, 0.29) is 0 Å². The van der Waals surface area contributed by atoms with Crippen molar-refractivity contribution in [3.8, 4) is 0 Å². The van der Waals surface area contributed by atoms with Gasteiger partial charge in [-0.1, -0.05) is 34.1 Å². The first kappa shape index (κ1) is 11.9. The summed E-state index contributed by atoms with van der Waals surface area (Å²) in [5, 5.41) is 3.40.